The number of allylic oxidation sites excluding steroid dienone is 2. The van der Waals surface area contributed by atoms with Gasteiger partial charge < -0.3 is 65.6 Å². The van der Waals surface area contributed by atoms with Crippen molar-refractivity contribution in [2.24, 2.45) is 35.5 Å². The van der Waals surface area contributed by atoms with Gasteiger partial charge in [-0.1, -0.05) is 95.2 Å². The second-order valence-electron chi connectivity index (χ2n) is 25.3. The SMILES string of the molecule is C/C=C/C[C@@H](C)[C@@H](O)[C@H]1C(=O)N[C@@H](CC)C(=O)N(C)CC(=O)N(C)[C@@H]([C@@H](C)O)C(O)N[C@@H](C(C)C)C(=O)N(C)[C@@H](CC(C)C)C(=O)N[C@@H](C)C(=O)N[C@H](C)C(=O)N(C)[C@@H](CC(C)C)C(=O)N(C)[C@H](CC(C)C)C(=O)N(C)[C@@H](C(C)C)C(=O)N1C. The van der Waals surface area contributed by atoms with Crippen LogP contribution in [0, 0.1) is 35.5 Å². The monoisotopic (exact) mass is 1190 g/mol. The van der Waals surface area contributed by atoms with Crippen LogP contribution in [0.2, 0.25) is 0 Å². The van der Waals surface area contributed by atoms with Crippen molar-refractivity contribution in [1.82, 2.24) is 55.6 Å². The van der Waals surface area contributed by atoms with Crippen LogP contribution in [-0.4, -0.2) is 243 Å². The van der Waals surface area contributed by atoms with Gasteiger partial charge in [0.05, 0.1) is 30.8 Å². The average molecular weight is 1190 g/mol. The van der Waals surface area contributed by atoms with E-state index in [1.807, 2.05) is 41.5 Å². The number of likely N-dealkylation sites (N-methyl/N-ethyl adjacent to an activating group) is 7. The van der Waals surface area contributed by atoms with E-state index in [0.717, 1.165) is 14.7 Å². The van der Waals surface area contributed by atoms with Crippen molar-refractivity contribution >= 4 is 59.1 Å². The van der Waals surface area contributed by atoms with Crippen molar-refractivity contribution in [1.29, 1.82) is 0 Å². The van der Waals surface area contributed by atoms with E-state index < -0.39 is 162 Å². The van der Waals surface area contributed by atoms with Crippen molar-refractivity contribution in [3.63, 3.8) is 0 Å². The first kappa shape index (κ1) is 76.3. The Morgan fingerprint density at radius 3 is 1.43 bits per heavy atom. The highest BCUT2D eigenvalue weighted by atomic mass is 16.3. The summed E-state index contributed by atoms with van der Waals surface area (Å²) in [7, 11) is 9.69. The number of carbonyl (C=O) groups excluding carboxylic acids is 10. The van der Waals surface area contributed by atoms with E-state index in [9.17, 15) is 53.7 Å². The molecule has 84 heavy (non-hydrogen) atoms. The van der Waals surface area contributed by atoms with Crippen LogP contribution in [0.5, 0.6) is 0 Å². The first-order valence-corrected chi connectivity index (χ1v) is 29.9. The minimum atomic E-state index is -1.76. The molecule has 10 amide bonds. The molecule has 0 aromatic rings. The van der Waals surface area contributed by atoms with Crippen LogP contribution in [0.15, 0.2) is 12.2 Å². The van der Waals surface area contributed by atoms with Gasteiger partial charge in [0.25, 0.3) is 0 Å². The molecular weight excluding hydrogens is 1080 g/mol. The molecule has 1 unspecified atom stereocenters. The van der Waals surface area contributed by atoms with Crippen LogP contribution in [-0.2, 0) is 47.9 Å². The number of aliphatic hydroxyl groups is 3. The lowest BCUT2D eigenvalue weighted by molar-refractivity contribution is -0.157. The molecule has 0 aromatic heterocycles. The van der Waals surface area contributed by atoms with Gasteiger partial charge in [-0.25, -0.2) is 0 Å². The average Bonchev–Trinajstić information content (AvgIpc) is 3.42. The second-order valence-corrected chi connectivity index (χ2v) is 25.3. The molecule has 1 fully saturated rings. The number of aliphatic hydroxyl groups excluding tert-OH is 3. The van der Waals surface area contributed by atoms with Gasteiger partial charge in [-0.3, -0.25) is 53.3 Å². The smallest absolute Gasteiger partial charge is 0.246 e. The van der Waals surface area contributed by atoms with Crippen LogP contribution >= 0.6 is 0 Å². The van der Waals surface area contributed by atoms with Crippen LogP contribution < -0.4 is 21.3 Å². The van der Waals surface area contributed by atoms with Crippen LogP contribution in [0.3, 0.4) is 0 Å². The van der Waals surface area contributed by atoms with Gasteiger partial charge in [0.1, 0.15) is 54.6 Å². The third-order valence-corrected chi connectivity index (χ3v) is 15.9. The zero-order chi connectivity index (χ0) is 65.3. The Kier molecular flexibility index (Phi) is 31.3. The summed E-state index contributed by atoms with van der Waals surface area (Å²) in [4.78, 5) is 153. The van der Waals surface area contributed by atoms with Gasteiger partial charge in [-0.15, -0.1) is 0 Å². The molecule has 14 atom stereocenters. The van der Waals surface area contributed by atoms with Crippen LogP contribution in [0.1, 0.15) is 143 Å². The van der Waals surface area contributed by atoms with Gasteiger partial charge in [0.2, 0.25) is 59.1 Å². The summed E-state index contributed by atoms with van der Waals surface area (Å²) in [5, 5.41) is 45.8. The lowest BCUT2D eigenvalue weighted by atomic mass is 9.91. The first-order chi connectivity index (χ1) is 38.7. The molecule has 482 valence electrons. The number of hydrogen-bond acceptors (Lipinski definition) is 14. The number of rotatable bonds is 14. The number of nitrogens with one attached hydrogen (secondary N) is 4. The number of hydrogen-bond donors (Lipinski definition) is 7. The summed E-state index contributed by atoms with van der Waals surface area (Å²) in [6, 6.07) is -12.7. The Hall–Kier alpha value is -5.72. The van der Waals surface area contributed by atoms with Gasteiger partial charge >= 0.3 is 0 Å². The highest BCUT2D eigenvalue weighted by Gasteiger charge is 2.46. The Bertz CT molecular complexity index is 2260. The van der Waals surface area contributed by atoms with E-state index in [-0.39, 0.29) is 43.4 Å². The zero-order valence-corrected chi connectivity index (χ0v) is 54.9. The fourth-order valence-corrected chi connectivity index (χ4v) is 10.7. The molecule has 1 rings (SSSR count). The highest BCUT2D eigenvalue weighted by Crippen LogP contribution is 2.25. The molecule has 0 radical (unpaired) electrons. The minimum absolute atomic E-state index is 0.00436. The zero-order valence-electron chi connectivity index (χ0n) is 54.9. The highest BCUT2D eigenvalue weighted by molar-refractivity contribution is 5.98. The molecule has 0 saturated carbocycles. The number of nitrogens with zero attached hydrogens (tertiary/aromatic N) is 7. The largest absolute Gasteiger partial charge is 0.391 e. The van der Waals surface area contributed by atoms with Crippen LogP contribution in [0.25, 0.3) is 0 Å². The number of carbonyl (C=O) groups is 10. The maximum absolute atomic E-state index is 15.1. The second kappa shape index (κ2) is 34.4. The third kappa shape index (κ3) is 20.8. The summed E-state index contributed by atoms with van der Waals surface area (Å²) in [5.74, 6) is -9.26. The summed E-state index contributed by atoms with van der Waals surface area (Å²) < 4.78 is 0. The maximum atomic E-state index is 15.1. The van der Waals surface area contributed by atoms with Gasteiger partial charge in [0.15, 0.2) is 0 Å². The van der Waals surface area contributed by atoms with Gasteiger partial charge in [-0.05, 0) is 95.3 Å². The van der Waals surface area contributed by atoms with Crippen molar-refractivity contribution in [2.45, 2.75) is 222 Å². The molecule has 0 aromatic carbocycles. The molecule has 24 heteroatoms. The van der Waals surface area contributed by atoms with E-state index >= 15 is 9.59 Å². The Balaban J connectivity index is 4.30. The lowest BCUT2D eigenvalue weighted by Crippen LogP contribution is -2.64. The Labute approximate surface area is 501 Å². The maximum Gasteiger partial charge on any atom is 0.246 e. The standard InChI is InChI=1S/C60H109N11O13/c1-24-26-27-37(13)50(74)49-54(78)63-41(25-2)56(80)65(17)31-45(73)69(21)48(40(16)72)53(77)64-46(35(9)10)59(83)66(18)42(28-32(3)4)52(76)61-38(14)51(75)62-39(15)55(79)67(19)43(29-33(5)6)57(81)68(20)44(30-34(7)8)58(82)70(22)47(36(11)12)60(84)71(49)23/h24,26,32-44,46-50,53,64,72,74,77H,25,27-31H2,1-23H3,(H,61,76)(H,62,75)(H,63,78)/b26-24+/t37-,38+,39-,40-,41+,42+,43+,44-,46+,47+,48+,49+,50-,53?/m1/s1. The molecule has 1 aliphatic rings. The molecule has 24 nitrogen and oxygen atoms in total. The molecular formula is C60H109N11O13. The summed E-state index contributed by atoms with van der Waals surface area (Å²) >= 11 is 0. The molecule has 0 aliphatic carbocycles. The van der Waals surface area contributed by atoms with Gasteiger partial charge in [-0.2, -0.15) is 0 Å². The summed E-state index contributed by atoms with van der Waals surface area (Å²) in [6.07, 6.45) is -0.399. The fraction of sp³-hybridized carbons (Fsp3) is 0.800. The van der Waals surface area contributed by atoms with Crippen molar-refractivity contribution in [3.8, 4) is 0 Å². The number of amides is 10. The predicted molar refractivity (Wildman–Crippen MR) is 322 cm³/mol. The van der Waals surface area contributed by atoms with E-state index in [0.29, 0.717) is 6.42 Å². The first-order valence-electron chi connectivity index (χ1n) is 29.9. The van der Waals surface area contributed by atoms with Gasteiger partial charge in [0, 0.05) is 49.3 Å². The Morgan fingerprint density at radius 2 is 0.976 bits per heavy atom. The lowest BCUT2D eigenvalue weighted by Gasteiger charge is -2.41. The quantitative estimate of drug-likeness (QED) is 0.121. The molecule has 1 aliphatic heterocycles. The van der Waals surface area contributed by atoms with E-state index in [1.165, 1.54) is 89.7 Å². The van der Waals surface area contributed by atoms with E-state index in [4.69, 9.17) is 0 Å². The molecule has 1 heterocycles. The van der Waals surface area contributed by atoms with Crippen LogP contribution in [0.4, 0.5) is 0 Å². The normalized spacial score (nSPS) is 28.4. The molecule has 0 bridgehead atoms. The van der Waals surface area contributed by atoms with Crippen molar-refractivity contribution in [2.75, 3.05) is 55.9 Å². The van der Waals surface area contributed by atoms with E-state index in [2.05, 4.69) is 21.3 Å². The Morgan fingerprint density at radius 1 is 0.524 bits per heavy atom. The van der Waals surface area contributed by atoms with Crippen molar-refractivity contribution in [3.05, 3.63) is 12.2 Å². The van der Waals surface area contributed by atoms with Crippen molar-refractivity contribution < 1.29 is 63.3 Å². The third-order valence-electron chi connectivity index (χ3n) is 15.9. The topological polar surface area (TPSA) is 302 Å². The molecule has 1 saturated heterocycles. The minimum Gasteiger partial charge on any atom is -0.391 e. The predicted octanol–water partition coefficient (Wildman–Crippen LogP) is 1.40. The summed E-state index contributed by atoms with van der Waals surface area (Å²) in [6.45, 7) is 26.7. The fourth-order valence-electron chi connectivity index (χ4n) is 10.7. The van der Waals surface area contributed by atoms with E-state index in [1.54, 1.807) is 60.6 Å². The molecule has 7 N–H and O–H groups in total. The molecule has 0 spiro atoms. The summed E-state index contributed by atoms with van der Waals surface area (Å²) in [5.41, 5.74) is 0.